The van der Waals surface area contributed by atoms with Crippen LogP contribution in [-0.2, 0) is 11.2 Å². The average Bonchev–Trinajstić information content (AvgIpc) is 2.77. The van der Waals surface area contributed by atoms with Crippen molar-refractivity contribution in [3.05, 3.63) is 89.5 Å². The first-order valence-corrected chi connectivity index (χ1v) is 9.44. The summed E-state index contributed by atoms with van der Waals surface area (Å²) in [5.41, 5.74) is 8.48. The van der Waals surface area contributed by atoms with Gasteiger partial charge in [-0.1, -0.05) is 54.6 Å². The van der Waals surface area contributed by atoms with Crippen LogP contribution in [0.3, 0.4) is 0 Å². The molecule has 0 aliphatic carbocycles. The molecule has 1 heterocycles. The standard InChI is InChI=1S/C24H18N4O2/c25-14-16-8-2-1-7-15(16)13-21(23(26)29)28-24(30)22-17-9-3-5-11-19(17)27-20-12-6-4-10-18(20)22/h1-12,21H,13H2,(H2,26,29)(H,28,30)/t21-/m0/s1. The van der Waals surface area contributed by atoms with Crippen LogP contribution in [0, 0.1) is 11.3 Å². The summed E-state index contributed by atoms with van der Waals surface area (Å²) in [7, 11) is 0. The second-order valence-corrected chi connectivity index (χ2v) is 6.92. The quantitative estimate of drug-likeness (QED) is 0.507. The molecule has 0 saturated heterocycles. The van der Waals surface area contributed by atoms with E-state index in [2.05, 4.69) is 16.4 Å². The Morgan fingerprint density at radius 1 is 0.933 bits per heavy atom. The van der Waals surface area contributed by atoms with Crippen molar-refractivity contribution >= 4 is 33.6 Å². The highest BCUT2D eigenvalue weighted by Crippen LogP contribution is 2.26. The number of hydrogen-bond acceptors (Lipinski definition) is 4. The molecule has 0 aliphatic rings. The number of carbonyl (C=O) groups excluding carboxylic acids is 2. The molecule has 146 valence electrons. The van der Waals surface area contributed by atoms with Crippen LogP contribution >= 0.6 is 0 Å². The number of primary amides is 1. The molecule has 0 fully saturated rings. The average molecular weight is 394 g/mol. The predicted molar refractivity (Wildman–Crippen MR) is 115 cm³/mol. The van der Waals surface area contributed by atoms with E-state index >= 15 is 0 Å². The van der Waals surface area contributed by atoms with Crippen LogP contribution in [0.1, 0.15) is 21.5 Å². The second kappa shape index (κ2) is 8.02. The van der Waals surface area contributed by atoms with Gasteiger partial charge in [0.25, 0.3) is 5.91 Å². The summed E-state index contributed by atoms with van der Waals surface area (Å²) in [4.78, 5) is 30.0. The number of rotatable bonds is 5. The summed E-state index contributed by atoms with van der Waals surface area (Å²) in [6.07, 6.45) is 0.131. The van der Waals surface area contributed by atoms with Crippen LogP contribution in [0.4, 0.5) is 0 Å². The zero-order valence-electron chi connectivity index (χ0n) is 16.0. The van der Waals surface area contributed by atoms with Gasteiger partial charge in [0.05, 0.1) is 28.2 Å². The molecule has 1 atom stereocenters. The van der Waals surface area contributed by atoms with Gasteiger partial charge >= 0.3 is 0 Å². The van der Waals surface area contributed by atoms with Crippen molar-refractivity contribution in [3.63, 3.8) is 0 Å². The first-order chi connectivity index (χ1) is 14.6. The van der Waals surface area contributed by atoms with Gasteiger partial charge in [-0.05, 0) is 23.8 Å². The summed E-state index contributed by atoms with van der Waals surface area (Å²) in [5.74, 6) is -1.08. The Bertz CT molecular complexity index is 1270. The fourth-order valence-corrected chi connectivity index (χ4v) is 3.57. The molecular formula is C24H18N4O2. The van der Waals surface area contributed by atoms with E-state index in [1.807, 2.05) is 48.5 Å². The van der Waals surface area contributed by atoms with Crippen molar-refractivity contribution < 1.29 is 9.59 Å². The Morgan fingerprint density at radius 3 is 2.10 bits per heavy atom. The van der Waals surface area contributed by atoms with Gasteiger partial charge in [0.15, 0.2) is 0 Å². The molecule has 0 aliphatic heterocycles. The first kappa shape index (κ1) is 19.1. The number of amides is 2. The molecule has 4 rings (SSSR count). The number of nitriles is 1. The second-order valence-electron chi connectivity index (χ2n) is 6.92. The van der Waals surface area contributed by atoms with E-state index in [0.29, 0.717) is 38.5 Å². The van der Waals surface area contributed by atoms with Crippen LogP contribution in [0.15, 0.2) is 72.8 Å². The van der Waals surface area contributed by atoms with E-state index in [-0.39, 0.29) is 6.42 Å². The van der Waals surface area contributed by atoms with E-state index in [0.717, 1.165) is 0 Å². The van der Waals surface area contributed by atoms with Gasteiger partial charge in [0.1, 0.15) is 6.04 Å². The fraction of sp³-hybridized carbons (Fsp3) is 0.0833. The minimum Gasteiger partial charge on any atom is -0.368 e. The predicted octanol–water partition coefficient (Wildman–Crippen LogP) is 3.09. The van der Waals surface area contributed by atoms with Crippen molar-refractivity contribution in [2.24, 2.45) is 5.73 Å². The maximum Gasteiger partial charge on any atom is 0.253 e. The maximum atomic E-state index is 13.3. The molecule has 3 N–H and O–H groups in total. The zero-order valence-corrected chi connectivity index (χ0v) is 16.0. The topological polar surface area (TPSA) is 109 Å². The molecule has 0 unspecified atom stereocenters. The number of nitrogens with one attached hydrogen (secondary N) is 1. The van der Waals surface area contributed by atoms with E-state index in [9.17, 15) is 14.9 Å². The van der Waals surface area contributed by atoms with Crippen molar-refractivity contribution in [2.45, 2.75) is 12.5 Å². The molecule has 2 amide bonds. The van der Waals surface area contributed by atoms with Gasteiger partial charge < -0.3 is 11.1 Å². The molecule has 6 nitrogen and oxygen atoms in total. The van der Waals surface area contributed by atoms with Gasteiger partial charge in [0, 0.05) is 17.2 Å². The number of nitrogens with zero attached hydrogens (tertiary/aromatic N) is 2. The van der Waals surface area contributed by atoms with Crippen LogP contribution < -0.4 is 11.1 Å². The summed E-state index contributed by atoms with van der Waals surface area (Å²) < 4.78 is 0. The lowest BCUT2D eigenvalue weighted by molar-refractivity contribution is -0.119. The van der Waals surface area contributed by atoms with E-state index < -0.39 is 17.9 Å². The number of fused-ring (bicyclic) bond motifs is 2. The van der Waals surface area contributed by atoms with E-state index in [1.165, 1.54) is 0 Å². The normalized spacial score (nSPS) is 11.7. The Balaban J connectivity index is 1.75. The Morgan fingerprint density at radius 2 is 1.50 bits per heavy atom. The van der Waals surface area contributed by atoms with Crippen LogP contribution in [0.2, 0.25) is 0 Å². The summed E-state index contributed by atoms with van der Waals surface area (Å²) in [6, 6.07) is 22.8. The van der Waals surface area contributed by atoms with Gasteiger partial charge in [-0.15, -0.1) is 0 Å². The summed E-state index contributed by atoms with van der Waals surface area (Å²) in [5, 5.41) is 13.5. The lowest BCUT2D eigenvalue weighted by Crippen LogP contribution is -2.46. The smallest absolute Gasteiger partial charge is 0.253 e. The number of carbonyl (C=O) groups is 2. The molecule has 4 aromatic rings. The van der Waals surface area contributed by atoms with Gasteiger partial charge in [-0.3, -0.25) is 9.59 Å². The Labute approximate surface area is 173 Å². The third kappa shape index (κ3) is 3.56. The number of aromatic nitrogens is 1. The molecule has 3 aromatic carbocycles. The van der Waals surface area contributed by atoms with Gasteiger partial charge in [0.2, 0.25) is 5.91 Å². The lowest BCUT2D eigenvalue weighted by atomic mass is 9.98. The van der Waals surface area contributed by atoms with Crippen LogP contribution in [-0.4, -0.2) is 22.8 Å². The minimum absolute atomic E-state index is 0.131. The minimum atomic E-state index is -0.960. The van der Waals surface area contributed by atoms with Crippen LogP contribution in [0.25, 0.3) is 21.8 Å². The van der Waals surface area contributed by atoms with Gasteiger partial charge in [-0.25, -0.2) is 4.98 Å². The van der Waals surface area contributed by atoms with Crippen molar-refractivity contribution in [2.75, 3.05) is 0 Å². The third-order valence-corrected chi connectivity index (χ3v) is 5.03. The van der Waals surface area contributed by atoms with Crippen LogP contribution in [0.5, 0.6) is 0 Å². The highest BCUT2D eigenvalue weighted by Gasteiger charge is 2.23. The molecule has 0 radical (unpaired) electrons. The molecule has 0 bridgehead atoms. The molecule has 6 heteroatoms. The number of nitrogens with two attached hydrogens (primary N) is 1. The largest absolute Gasteiger partial charge is 0.368 e. The molecule has 1 aromatic heterocycles. The molecule has 0 spiro atoms. The number of para-hydroxylation sites is 2. The van der Waals surface area contributed by atoms with Crippen molar-refractivity contribution in [3.8, 4) is 6.07 Å². The molecular weight excluding hydrogens is 376 g/mol. The first-order valence-electron chi connectivity index (χ1n) is 9.44. The van der Waals surface area contributed by atoms with E-state index in [4.69, 9.17) is 5.73 Å². The number of hydrogen-bond donors (Lipinski definition) is 2. The van der Waals surface area contributed by atoms with Crippen molar-refractivity contribution in [1.82, 2.24) is 10.3 Å². The lowest BCUT2D eigenvalue weighted by Gasteiger charge is -2.18. The third-order valence-electron chi connectivity index (χ3n) is 5.03. The van der Waals surface area contributed by atoms with Gasteiger partial charge in [-0.2, -0.15) is 5.26 Å². The Kier molecular flexibility index (Phi) is 5.10. The molecule has 0 saturated carbocycles. The maximum absolute atomic E-state index is 13.3. The van der Waals surface area contributed by atoms with E-state index in [1.54, 1.807) is 24.3 Å². The number of pyridine rings is 1. The summed E-state index contributed by atoms with van der Waals surface area (Å²) >= 11 is 0. The molecule has 30 heavy (non-hydrogen) atoms. The van der Waals surface area contributed by atoms with Crippen molar-refractivity contribution in [1.29, 1.82) is 5.26 Å². The highest BCUT2D eigenvalue weighted by atomic mass is 16.2. The Hall–Kier alpha value is -4.24. The fourth-order valence-electron chi connectivity index (χ4n) is 3.57. The summed E-state index contributed by atoms with van der Waals surface area (Å²) in [6.45, 7) is 0. The highest BCUT2D eigenvalue weighted by molar-refractivity contribution is 6.16. The monoisotopic (exact) mass is 394 g/mol. The number of benzene rings is 3. The zero-order chi connectivity index (χ0) is 21.1. The SMILES string of the molecule is N#Cc1ccccc1C[C@H](NC(=O)c1c2ccccc2nc2ccccc12)C(N)=O.